The molecule has 0 amide bonds. The molecule has 7 nitrogen and oxygen atoms in total. The molecule has 0 unspecified atom stereocenters. The Morgan fingerprint density at radius 3 is 2.50 bits per heavy atom. The smallest absolute Gasteiger partial charge is 0.344 e. The van der Waals surface area contributed by atoms with Gasteiger partial charge in [-0.05, 0) is 45.0 Å². The molecule has 0 aliphatic carbocycles. The highest BCUT2D eigenvalue weighted by atomic mass is 16.6. The molecule has 3 rings (SSSR count). The number of carbonyl (C=O) groups excluding carboxylic acids is 3. The number of hydrogen-bond acceptors (Lipinski definition) is 6. The number of aromatic amines is 1. The van der Waals surface area contributed by atoms with Crippen LogP contribution in [0, 0.1) is 6.92 Å². The third-order valence-corrected chi connectivity index (χ3v) is 4.73. The van der Waals surface area contributed by atoms with Crippen molar-refractivity contribution >= 4 is 28.4 Å². The second-order valence-electron chi connectivity index (χ2n) is 6.88. The van der Waals surface area contributed by atoms with Crippen LogP contribution in [0.2, 0.25) is 0 Å². The first kappa shape index (κ1) is 21.1. The average Bonchev–Trinajstić information content (AvgIpc) is 3.06. The maximum absolute atomic E-state index is 12.9. The van der Waals surface area contributed by atoms with Gasteiger partial charge in [0.05, 0.1) is 7.11 Å². The van der Waals surface area contributed by atoms with Crippen molar-refractivity contribution in [3.63, 3.8) is 0 Å². The van der Waals surface area contributed by atoms with Crippen molar-refractivity contribution < 1.29 is 28.6 Å². The Morgan fingerprint density at radius 1 is 1.07 bits per heavy atom. The predicted octanol–water partition coefficient (Wildman–Crippen LogP) is 3.88. The molecule has 0 spiro atoms. The summed E-state index contributed by atoms with van der Waals surface area (Å²) >= 11 is 0. The first-order chi connectivity index (χ1) is 14.3. The normalized spacial score (nSPS) is 11.7. The number of benzene rings is 2. The number of aromatic nitrogens is 1. The second kappa shape index (κ2) is 8.82. The molecule has 30 heavy (non-hydrogen) atoms. The van der Waals surface area contributed by atoms with Crippen LogP contribution < -0.4 is 9.47 Å². The number of H-pyrrole nitrogens is 1. The lowest BCUT2D eigenvalue weighted by molar-refractivity contribution is -0.148. The Hall–Kier alpha value is -3.61. The van der Waals surface area contributed by atoms with Crippen molar-refractivity contribution in [2.75, 3.05) is 13.7 Å². The molecule has 0 saturated heterocycles. The molecule has 1 aromatic heterocycles. The SMILES string of the molecule is COc1cc(C(C)=O)ccc1OCC(=O)O[C@H](C)C(=O)c1c(C)[nH]c2ccccc12. The van der Waals surface area contributed by atoms with Gasteiger partial charge in [0, 0.05) is 27.7 Å². The lowest BCUT2D eigenvalue weighted by Crippen LogP contribution is -2.27. The summed E-state index contributed by atoms with van der Waals surface area (Å²) in [4.78, 5) is 39.7. The highest BCUT2D eigenvalue weighted by Crippen LogP contribution is 2.28. The molecule has 0 bridgehead atoms. The van der Waals surface area contributed by atoms with Gasteiger partial charge in [0.25, 0.3) is 0 Å². The van der Waals surface area contributed by atoms with E-state index in [2.05, 4.69) is 4.98 Å². The lowest BCUT2D eigenvalue weighted by Gasteiger charge is -2.14. The molecule has 1 heterocycles. The van der Waals surface area contributed by atoms with Crippen molar-refractivity contribution in [1.29, 1.82) is 0 Å². The van der Waals surface area contributed by atoms with Crippen molar-refractivity contribution in [2.24, 2.45) is 0 Å². The molecule has 1 N–H and O–H groups in total. The summed E-state index contributed by atoms with van der Waals surface area (Å²) < 4.78 is 15.9. The van der Waals surface area contributed by atoms with Gasteiger partial charge in [0.2, 0.25) is 5.78 Å². The Bertz CT molecular complexity index is 1110. The van der Waals surface area contributed by atoms with Gasteiger partial charge in [-0.2, -0.15) is 0 Å². The summed E-state index contributed by atoms with van der Waals surface area (Å²) in [7, 11) is 1.44. The number of ether oxygens (including phenoxy) is 3. The number of nitrogens with one attached hydrogen (secondary N) is 1. The summed E-state index contributed by atoms with van der Waals surface area (Å²) in [5.41, 5.74) is 2.54. The predicted molar refractivity (Wildman–Crippen MR) is 111 cm³/mol. The van der Waals surface area contributed by atoms with Crippen LogP contribution in [0.4, 0.5) is 0 Å². The van der Waals surface area contributed by atoms with E-state index in [0.29, 0.717) is 22.6 Å². The van der Waals surface area contributed by atoms with Gasteiger partial charge in [0.15, 0.2) is 30.0 Å². The van der Waals surface area contributed by atoms with Crippen molar-refractivity contribution in [3.8, 4) is 11.5 Å². The summed E-state index contributed by atoms with van der Waals surface area (Å²) in [6, 6.07) is 12.1. The number of hydrogen-bond donors (Lipinski definition) is 1. The molecular weight excluding hydrogens is 386 g/mol. The summed E-state index contributed by atoms with van der Waals surface area (Å²) in [6.07, 6.45) is -0.971. The molecule has 156 valence electrons. The van der Waals surface area contributed by atoms with E-state index in [4.69, 9.17) is 14.2 Å². The summed E-state index contributed by atoms with van der Waals surface area (Å²) in [5, 5.41) is 0.787. The zero-order valence-electron chi connectivity index (χ0n) is 17.3. The van der Waals surface area contributed by atoms with Crippen molar-refractivity contribution in [1.82, 2.24) is 4.98 Å². The van der Waals surface area contributed by atoms with Crippen LogP contribution in [0.1, 0.15) is 40.3 Å². The van der Waals surface area contributed by atoms with Gasteiger partial charge in [-0.25, -0.2) is 4.79 Å². The van der Waals surface area contributed by atoms with Crippen molar-refractivity contribution in [2.45, 2.75) is 26.9 Å². The first-order valence-corrected chi connectivity index (χ1v) is 9.44. The summed E-state index contributed by atoms with van der Waals surface area (Å²) in [6.45, 7) is 4.38. The number of methoxy groups -OCH3 is 1. The number of Topliss-reactive ketones (excluding diaryl/α,β-unsaturated/α-hetero) is 2. The maximum Gasteiger partial charge on any atom is 0.344 e. The fourth-order valence-corrected chi connectivity index (χ4v) is 3.22. The van der Waals surface area contributed by atoms with E-state index < -0.39 is 18.7 Å². The van der Waals surface area contributed by atoms with E-state index in [-0.39, 0.29) is 11.6 Å². The molecule has 1 atom stereocenters. The Balaban J connectivity index is 1.65. The minimum Gasteiger partial charge on any atom is -0.493 e. The molecular formula is C23H23NO6. The van der Waals surface area contributed by atoms with Gasteiger partial charge in [-0.1, -0.05) is 18.2 Å². The van der Waals surface area contributed by atoms with E-state index >= 15 is 0 Å². The van der Waals surface area contributed by atoms with Crippen LogP contribution in [-0.2, 0) is 9.53 Å². The standard InChI is InChI=1S/C23H23NO6/c1-13-22(17-7-5-6-8-18(17)24-13)23(27)15(3)30-21(26)12-29-19-10-9-16(14(2)25)11-20(19)28-4/h5-11,15,24H,12H2,1-4H3/t15-/m1/s1. The van der Waals surface area contributed by atoms with Gasteiger partial charge < -0.3 is 19.2 Å². The maximum atomic E-state index is 12.9. The van der Waals surface area contributed by atoms with Gasteiger partial charge in [0.1, 0.15) is 0 Å². The molecule has 0 aliphatic rings. The topological polar surface area (TPSA) is 94.7 Å². The zero-order valence-corrected chi connectivity index (χ0v) is 17.3. The number of rotatable bonds is 8. The van der Waals surface area contributed by atoms with Crippen LogP contribution in [0.5, 0.6) is 11.5 Å². The largest absolute Gasteiger partial charge is 0.493 e. The van der Waals surface area contributed by atoms with Crippen LogP contribution in [0.3, 0.4) is 0 Å². The number of carbonyl (C=O) groups is 3. The summed E-state index contributed by atoms with van der Waals surface area (Å²) in [5.74, 6) is -0.466. The first-order valence-electron chi connectivity index (χ1n) is 9.44. The average molecular weight is 409 g/mol. The van der Waals surface area contributed by atoms with E-state index in [1.54, 1.807) is 12.1 Å². The number of fused-ring (bicyclic) bond motifs is 1. The molecule has 0 saturated carbocycles. The van der Waals surface area contributed by atoms with E-state index in [9.17, 15) is 14.4 Å². The second-order valence-corrected chi connectivity index (χ2v) is 6.88. The van der Waals surface area contributed by atoms with Crippen LogP contribution in [0.25, 0.3) is 10.9 Å². The Morgan fingerprint density at radius 2 is 1.80 bits per heavy atom. The minimum atomic E-state index is -0.971. The highest BCUT2D eigenvalue weighted by molar-refractivity contribution is 6.11. The molecule has 0 fully saturated rings. The van der Waals surface area contributed by atoms with Crippen LogP contribution >= 0.6 is 0 Å². The van der Waals surface area contributed by atoms with Gasteiger partial charge in [-0.3, -0.25) is 9.59 Å². The zero-order chi connectivity index (χ0) is 21.8. The van der Waals surface area contributed by atoms with E-state index in [1.165, 1.54) is 27.0 Å². The molecule has 0 aliphatic heterocycles. The third-order valence-electron chi connectivity index (χ3n) is 4.73. The molecule has 3 aromatic rings. The number of para-hydroxylation sites is 1. The number of aryl methyl sites for hydroxylation is 1. The Labute approximate surface area is 173 Å². The minimum absolute atomic E-state index is 0.112. The lowest BCUT2D eigenvalue weighted by atomic mass is 10.0. The molecule has 2 aromatic carbocycles. The fourth-order valence-electron chi connectivity index (χ4n) is 3.22. The Kier molecular flexibility index (Phi) is 6.20. The van der Waals surface area contributed by atoms with Gasteiger partial charge >= 0.3 is 5.97 Å². The van der Waals surface area contributed by atoms with Crippen LogP contribution in [0.15, 0.2) is 42.5 Å². The molecule has 0 radical (unpaired) electrons. The number of esters is 1. The third kappa shape index (κ3) is 4.35. The quantitative estimate of drug-likeness (QED) is 0.448. The molecule has 7 heteroatoms. The van der Waals surface area contributed by atoms with E-state index in [0.717, 1.165) is 16.6 Å². The monoisotopic (exact) mass is 409 g/mol. The van der Waals surface area contributed by atoms with Crippen LogP contribution in [-0.4, -0.2) is 42.3 Å². The van der Waals surface area contributed by atoms with E-state index in [1.807, 2.05) is 31.2 Å². The fraction of sp³-hybridized carbons (Fsp3) is 0.261. The highest BCUT2D eigenvalue weighted by Gasteiger charge is 2.24. The van der Waals surface area contributed by atoms with Gasteiger partial charge in [-0.15, -0.1) is 0 Å². The van der Waals surface area contributed by atoms with Crippen molar-refractivity contribution in [3.05, 3.63) is 59.3 Å². The number of ketones is 2.